The molecule has 1 saturated heterocycles. The first-order valence-electron chi connectivity index (χ1n) is 8.77. The number of nitrogens with one attached hydrogen (secondary N) is 2. The van der Waals surface area contributed by atoms with Gasteiger partial charge in [0.15, 0.2) is 6.54 Å². The van der Waals surface area contributed by atoms with E-state index in [1.165, 1.54) is 37.0 Å². The van der Waals surface area contributed by atoms with Crippen LogP contribution in [-0.4, -0.2) is 31.1 Å². The zero-order valence-electron chi connectivity index (χ0n) is 13.0. The molecule has 1 amide bonds. The molecule has 21 heavy (non-hydrogen) atoms. The van der Waals surface area contributed by atoms with Gasteiger partial charge in [-0.25, -0.2) is 0 Å². The first-order valence-corrected chi connectivity index (χ1v) is 8.77. The third kappa shape index (κ3) is 3.40. The topological polar surface area (TPSA) is 57.3 Å². The number of nitriles is 1. The van der Waals surface area contributed by atoms with Gasteiger partial charge in [-0.2, -0.15) is 5.26 Å². The molecule has 2 aliphatic carbocycles. The second-order valence-corrected chi connectivity index (χ2v) is 7.42. The van der Waals surface area contributed by atoms with Gasteiger partial charge < -0.3 is 10.2 Å². The summed E-state index contributed by atoms with van der Waals surface area (Å²) in [5.74, 6) is 1.85. The van der Waals surface area contributed by atoms with Gasteiger partial charge >= 0.3 is 0 Å². The first kappa shape index (κ1) is 14.8. The predicted octanol–water partition coefficient (Wildman–Crippen LogP) is 1.03. The van der Waals surface area contributed by atoms with Crippen LogP contribution in [0.5, 0.6) is 0 Å². The van der Waals surface area contributed by atoms with Crippen molar-refractivity contribution in [3.63, 3.8) is 0 Å². The molecule has 1 aliphatic heterocycles. The van der Waals surface area contributed by atoms with Crippen LogP contribution in [0.25, 0.3) is 0 Å². The zero-order valence-corrected chi connectivity index (χ0v) is 13.0. The van der Waals surface area contributed by atoms with E-state index in [1.54, 1.807) is 0 Å². The van der Waals surface area contributed by atoms with Crippen molar-refractivity contribution in [3.05, 3.63) is 0 Å². The van der Waals surface area contributed by atoms with Gasteiger partial charge in [0, 0.05) is 5.92 Å². The third-order valence-corrected chi connectivity index (χ3v) is 5.95. The van der Waals surface area contributed by atoms with Crippen LogP contribution in [0.4, 0.5) is 0 Å². The Labute approximate surface area is 127 Å². The van der Waals surface area contributed by atoms with E-state index in [2.05, 4.69) is 11.4 Å². The largest absolute Gasteiger partial charge is 0.333 e. The summed E-state index contributed by atoms with van der Waals surface area (Å²) in [6.45, 7) is 2.86. The molecule has 0 aromatic heterocycles. The van der Waals surface area contributed by atoms with Crippen molar-refractivity contribution in [2.24, 2.45) is 11.8 Å². The molecule has 0 radical (unpaired) electrons. The molecule has 2 N–H and O–H groups in total. The lowest BCUT2D eigenvalue weighted by molar-refractivity contribution is -0.902. The molecule has 2 saturated carbocycles. The maximum atomic E-state index is 12.3. The van der Waals surface area contributed by atoms with Crippen molar-refractivity contribution in [1.29, 1.82) is 5.26 Å². The lowest BCUT2D eigenvalue weighted by Gasteiger charge is -2.38. The van der Waals surface area contributed by atoms with Crippen LogP contribution in [0.3, 0.4) is 0 Å². The summed E-state index contributed by atoms with van der Waals surface area (Å²) >= 11 is 0. The van der Waals surface area contributed by atoms with E-state index in [9.17, 15) is 10.1 Å². The lowest BCUT2D eigenvalue weighted by atomic mass is 9.75. The summed E-state index contributed by atoms with van der Waals surface area (Å²) in [5, 5.41) is 12.4. The van der Waals surface area contributed by atoms with Crippen molar-refractivity contribution in [1.82, 2.24) is 5.32 Å². The summed E-state index contributed by atoms with van der Waals surface area (Å²) in [7, 11) is 0. The quantitative estimate of drug-likeness (QED) is 0.816. The van der Waals surface area contributed by atoms with Crippen LogP contribution in [0.2, 0.25) is 0 Å². The Bertz CT molecular complexity index is 422. The monoisotopic (exact) mass is 290 g/mol. The van der Waals surface area contributed by atoms with Gasteiger partial charge in [-0.3, -0.25) is 4.79 Å². The molecule has 0 spiro atoms. The fraction of sp³-hybridized carbons (Fsp3) is 0.882. The van der Waals surface area contributed by atoms with Crippen molar-refractivity contribution in [2.75, 3.05) is 19.6 Å². The van der Waals surface area contributed by atoms with Crippen molar-refractivity contribution in [2.45, 2.75) is 63.3 Å². The predicted molar refractivity (Wildman–Crippen MR) is 80.6 cm³/mol. The van der Waals surface area contributed by atoms with Crippen molar-refractivity contribution >= 4 is 5.91 Å². The number of fused-ring (bicyclic) bond motifs is 1. The average molecular weight is 290 g/mol. The van der Waals surface area contributed by atoms with E-state index >= 15 is 0 Å². The van der Waals surface area contributed by atoms with E-state index in [4.69, 9.17) is 0 Å². The number of amides is 1. The molecule has 0 aromatic carbocycles. The van der Waals surface area contributed by atoms with Crippen LogP contribution in [0.15, 0.2) is 0 Å². The molecular weight excluding hydrogens is 262 g/mol. The molecule has 0 aromatic rings. The minimum absolute atomic E-state index is 0.0858. The number of carbonyl (C=O) groups excluding carboxylic acids is 1. The number of carbonyl (C=O) groups is 1. The summed E-state index contributed by atoms with van der Waals surface area (Å²) in [6.07, 6.45) is 10.6. The first-order chi connectivity index (χ1) is 10.2. The fourth-order valence-electron chi connectivity index (χ4n) is 4.74. The smallest absolute Gasteiger partial charge is 0.276 e. The standard InChI is InChI=1S/C17H27N3O/c18-13-17(8-3-4-9-17)19-16(21)12-20-10-7-14-5-1-2-6-15(14)11-20/h14-15H,1-12H2,(H,19,21)/p+1/t14-,15+/m0/s1. The van der Waals surface area contributed by atoms with E-state index in [1.807, 2.05) is 0 Å². The highest BCUT2D eigenvalue weighted by Crippen LogP contribution is 2.32. The molecule has 4 heteroatoms. The normalized spacial score (nSPS) is 34.7. The molecule has 4 nitrogen and oxygen atoms in total. The summed E-state index contributed by atoms with van der Waals surface area (Å²) in [5.41, 5.74) is -0.556. The number of quaternary nitrogens is 1. The van der Waals surface area contributed by atoms with Gasteiger partial charge in [-0.1, -0.05) is 12.8 Å². The van der Waals surface area contributed by atoms with Gasteiger partial charge in [-0.05, 0) is 50.9 Å². The van der Waals surface area contributed by atoms with Crippen LogP contribution in [0.1, 0.15) is 57.8 Å². The van der Waals surface area contributed by atoms with Gasteiger partial charge in [0.05, 0.1) is 19.2 Å². The van der Waals surface area contributed by atoms with Crippen molar-refractivity contribution in [3.8, 4) is 6.07 Å². The molecule has 3 aliphatic rings. The molecule has 3 fully saturated rings. The number of hydrogen-bond donors (Lipinski definition) is 2. The maximum absolute atomic E-state index is 12.3. The van der Waals surface area contributed by atoms with Crippen LogP contribution in [0, 0.1) is 23.2 Å². The SMILES string of the molecule is N#CC1(NC(=O)C[NH+]2CC[C@@H]3CCCC[C@@H]3C2)CCCC1. The second-order valence-electron chi connectivity index (χ2n) is 7.42. The summed E-state index contributed by atoms with van der Waals surface area (Å²) < 4.78 is 0. The highest BCUT2D eigenvalue weighted by atomic mass is 16.2. The number of piperidine rings is 1. The fourth-order valence-corrected chi connectivity index (χ4v) is 4.74. The number of likely N-dealkylation sites (tertiary alicyclic amines) is 1. The van der Waals surface area contributed by atoms with Gasteiger partial charge in [-0.15, -0.1) is 0 Å². The van der Waals surface area contributed by atoms with E-state index < -0.39 is 5.54 Å². The van der Waals surface area contributed by atoms with E-state index in [-0.39, 0.29) is 5.91 Å². The number of hydrogen-bond acceptors (Lipinski definition) is 2. The molecule has 0 bridgehead atoms. The highest BCUT2D eigenvalue weighted by molar-refractivity contribution is 5.78. The molecule has 1 heterocycles. The average Bonchev–Trinajstić information content (AvgIpc) is 2.96. The maximum Gasteiger partial charge on any atom is 0.276 e. The molecule has 3 atom stereocenters. The zero-order chi connectivity index (χ0) is 14.7. The minimum atomic E-state index is -0.556. The Morgan fingerprint density at radius 1 is 1.14 bits per heavy atom. The van der Waals surface area contributed by atoms with E-state index in [0.717, 1.165) is 50.6 Å². The molecule has 3 rings (SSSR count). The lowest BCUT2D eigenvalue weighted by Crippen LogP contribution is -3.15. The Hall–Kier alpha value is -1.08. The Balaban J connectivity index is 1.50. The third-order valence-electron chi connectivity index (χ3n) is 5.95. The second kappa shape index (κ2) is 6.36. The van der Waals surface area contributed by atoms with Crippen LogP contribution in [-0.2, 0) is 4.79 Å². The number of rotatable bonds is 3. The molecule has 1 unspecified atom stereocenters. The Morgan fingerprint density at radius 2 is 1.86 bits per heavy atom. The molecule has 116 valence electrons. The summed E-state index contributed by atoms with van der Waals surface area (Å²) in [4.78, 5) is 13.7. The van der Waals surface area contributed by atoms with Gasteiger partial charge in [0.25, 0.3) is 5.91 Å². The van der Waals surface area contributed by atoms with Gasteiger partial charge in [0.1, 0.15) is 5.54 Å². The Kier molecular flexibility index (Phi) is 4.49. The highest BCUT2D eigenvalue weighted by Gasteiger charge is 2.38. The van der Waals surface area contributed by atoms with Crippen LogP contribution < -0.4 is 10.2 Å². The van der Waals surface area contributed by atoms with Crippen LogP contribution >= 0.6 is 0 Å². The van der Waals surface area contributed by atoms with E-state index in [0.29, 0.717) is 6.54 Å². The summed E-state index contributed by atoms with van der Waals surface area (Å²) in [6, 6.07) is 2.35. The minimum Gasteiger partial charge on any atom is -0.333 e. The Morgan fingerprint density at radius 3 is 2.57 bits per heavy atom. The molecular formula is C17H28N3O+. The number of nitrogens with zero attached hydrogens (tertiary/aromatic N) is 1. The van der Waals surface area contributed by atoms with Crippen molar-refractivity contribution < 1.29 is 9.69 Å². The van der Waals surface area contributed by atoms with Gasteiger partial charge in [0.2, 0.25) is 0 Å².